The molecule has 2 heterocycles. The highest BCUT2D eigenvalue weighted by atomic mass is 35.5. The van der Waals surface area contributed by atoms with Gasteiger partial charge >= 0.3 is 5.97 Å². The van der Waals surface area contributed by atoms with Gasteiger partial charge in [-0.1, -0.05) is 31.5 Å². The van der Waals surface area contributed by atoms with E-state index in [9.17, 15) is 9.90 Å². The summed E-state index contributed by atoms with van der Waals surface area (Å²) in [5, 5.41) is 10.3. The van der Waals surface area contributed by atoms with Crippen LogP contribution in [0.3, 0.4) is 0 Å². The van der Waals surface area contributed by atoms with Gasteiger partial charge in [0.2, 0.25) is 0 Å². The van der Waals surface area contributed by atoms with Crippen molar-refractivity contribution in [3.63, 3.8) is 0 Å². The SMILES string of the molecule is CCCCN1CCCC(CCn2cc(C(=O)O)c3ccccc32)C1.Cl. The molecule has 1 saturated heterocycles. The Kier molecular flexibility index (Phi) is 7.33. The lowest BCUT2D eigenvalue weighted by Gasteiger charge is -2.32. The van der Waals surface area contributed by atoms with Crippen molar-refractivity contribution >= 4 is 29.3 Å². The molecule has 1 aromatic carbocycles. The third-order valence-electron chi connectivity index (χ3n) is 5.23. The molecule has 3 rings (SSSR count). The first-order valence-electron chi connectivity index (χ1n) is 9.22. The summed E-state index contributed by atoms with van der Waals surface area (Å²) < 4.78 is 2.13. The summed E-state index contributed by atoms with van der Waals surface area (Å²) >= 11 is 0. The van der Waals surface area contributed by atoms with Gasteiger partial charge in [0.25, 0.3) is 0 Å². The monoisotopic (exact) mass is 364 g/mol. The zero-order valence-corrected chi connectivity index (χ0v) is 15.8. The Hall–Kier alpha value is -1.52. The minimum Gasteiger partial charge on any atom is -0.478 e. The fourth-order valence-corrected chi connectivity index (χ4v) is 3.90. The lowest BCUT2D eigenvalue weighted by atomic mass is 9.94. The van der Waals surface area contributed by atoms with Crippen LogP contribution in [0.15, 0.2) is 30.5 Å². The largest absolute Gasteiger partial charge is 0.478 e. The molecule has 25 heavy (non-hydrogen) atoms. The number of rotatable bonds is 7. The molecule has 2 aromatic rings. The van der Waals surface area contributed by atoms with E-state index >= 15 is 0 Å². The third kappa shape index (κ3) is 4.77. The summed E-state index contributed by atoms with van der Waals surface area (Å²) in [6, 6.07) is 7.82. The number of benzene rings is 1. The number of unbranched alkanes of at least 4 members (excludes halogenated alkanes) is 1. The Morgan fingerprint density at radius 2 is 2.08 bits per heavy atom. The third-order valence-corrected chi connectivity index (χ3v) is 5.23. The van der Waals surface area contributed by atoms with Gasteiger partial charge in [-0.15, -0.1) is 12.4 Å². The van der Waals surface area contributed by atoms with Gasteiger partial charge in [0.05, 0.1) is 5.56 Å². The predicted molar refractivity (Wildman–Crippen MR) is 105 cm³/mol. The van der Waals surface area contributed by atoms with Crippen LogP contribution in [-0.4, -0.2) is 40.2 Å². The maximum Gasteiger partial charge on any atom is 0.337 e. The lowest BCUT2D eigenvalue weighted by Crippen LogP contribution is -2.36. The van der Waals surface area contributed by atoms with Gasteiger partial charge in [-0.3, -0.25) is 0 Å². The van der Waals surface area contributed by atoms with Crippen LogP contribution in [0.2, 0.25) is 0 Å². The van der Waals surface area contributed by atoms with Crippen LogP contribution in [0.25, 0.3) is 10.9 Å². The average Bonchev–Trinajstić information content (AvgIpc) is 2.98. The topological polar surface area (TPSA) is 45.5 Å². The molecule has 0 aliphatic carbocycles. The number of aromatic nitrogens is 1. The Balaban J connectivity index is 0.00000225. The maximum atomic E-state index is 11.5. The van der Waals surface area contributed by atoms with E-state index in [1.165, 1.54) is 45.3 Å². The van der Waals surface area contributed by atoms with Crippen LogP contribution < -0.4 is 0 Å². The molecule has 0 radical (unpaired) electrons. The smallest absolute Gasteiger partial charge is 0.337 e. The Labute approximate surface area is 156 Å². The van der Waals surface area contributed by atoms with E-state index in [-0.39, 0.29) is 12.4 Å². The normalized spacial score (nSPS) is 18.2. The van der Waals surface area contributed by atoms with Crippen molar-refractivity contribution in [3.8, 4) is 0 Å². The number of hydrogen-bond donors (Lipinski definition) is 1. The van der Waals surface area contributed by atoms with Crippen molar-refractivity contribution in [2.24, 2.45) is 5.92 Å². The van der Waals surface area contributed by atoms with E-state index in [0.29, 0.717) is 5.56 Å². The number of carboxylic acid groups (broad SMARTS) is 1. The first-order chi connectivity index (χ1) is 11.7. The second kappa shape index (κ2) is 9.25. The summed E-state index contributed by atoms with van der Waals surface area (Å²) in [5.41, 5.74) is 1.45. The summed E-state index contributed by atoms with van der Waals surface area (Å²) in [5.74, 6) is -0.113. The van der Waals surface area contributed by atoms with Gasteiger partial charge in [-0.2, -0.15) is 0 Å². The summed E-state index contributed by atoms with van der Waals surface area (Å²) in [6.07, 6.45) is 8.07. The molecule has 138 valence electrons. The summed E-state index contributed by atoms with van der Waals surface area (Å²) in [6.45, 7) is 6.82. The van der Waals surface area contributed by atoms with Crippen LogP contribution >= 0.6 is 12.4 Å². The van der Waals surface area contributed by atoms with Crippen molar-refractivity contribution in [2.45, 2.75) is 45.6 Å². The number of carbonyl (C=O) groups is 1. The molecule has 0 spiro atoms. The Bertz CT molecular complexity index is 698. The Morgan fingerprint density at radius 1 is 1.28 bits per heavy atom. The van der Waals surface area contributed by atoms with E-state index in [2.05, 4.69) is 16.4 Å². The summed E-state index contributed by atoms with van der Waals surface area (Å²) in [7, 11) is 0. The maximum absolute atomic E-state index is 11.5. The van der Waals surface area contributed by atoms with Gasteiger partial charge in [0.15, 0.2) is 0 Å². The molecular weight excluding hydrogens is 336 g/mol. The Morgan fingerprint density at radius 3 is 2.84 bits per heavy atom. The standard InChI is InChI=1S/C20H28N2O2.ClH/c1-2-3-11-21-12-6-7-16(14-21)10-13-22-15-18(20(23)24)17-8-4-5-9-19(17)22;/h4-5,8-9,15-16H,2-3,6-7,10-14H2,1H3,(H,23,24);1H. The summed E-state index contributed by atoms with van der Waals surface area (Å²) in [4.78, 5) is 14.1. The molecule has 1 N–H and O–H groups in total. The van der Waals surface area contributed by atoms with Crippen LogP contribution in [0.1, 0.15) is 49.4 Å². The highest BCUT2D eigenvalue weighted by molar-refractivity contribution is 6.03. The molecule has 5 heteroatoms. The first kappa shape index (κ1) is 19.8. The number of fused-ring (bicyclic) bond motifs is 1. The van der Waals surface area contributed by atoms with Crippen LogP contribution in [0.5, 0.6) is 0 Å². The van der Waals surface area contributed by atoms with Crippen LogP contribution in [-0.2, 0) is 6.54 Å². The zero-order valence-electron chi connectivity index (χ0n) is 15.0. The quantitative estimate of drug-likeness (QED) is 0.776. The minimum absolute atomic E-state index is 0. The van der Waals surface area contributed by atoms with E-state index in [4.69, 9.17) is 0 Å². The molecule has 1 fully saturated rings. The van der Waals surface area contributed by atoms with Crippen molar-refractivity contribution in [2.75, 3.05) is 19.6 Å². The lowest BCUT2D eigenvalue weighted by molar-refractivity contribution is 0.0698. The van der Waals surface area contributed by atoms with Crippen molar-refractivity contribution < 1.29 is 9.90 Å². The van der Waals surface area contributed by atoms with E-state index in [0.717, 1.165) is 29.8 Å². The molecule has 1 aliphatic heterocycles. The zero-order chi connectivity index (χ0) is 16.9. The molecule has 1 aromatic heterocycles. The molecule has 0 saturated carbocycles. The number of piperidine rings is 1. The number of carboxylic acids is 1. The van der Waals surface area contributed by atoms with Gasteiger partial charge < -0.3 is 14.6 Å². The van der Waals surface area contributed by atoms with E-state index < -0.39 is 5.97 Å². The van der Waals surface area contributed by atoms with Gasteiger partial charge in [0, 0.05) is 30.2 Å². The average molecular weight is 365 g/mol. The molecule has 1 atom stereocenters. The molecule has 4 nitrogen and oxygen atoms in total. The van der Waals surface area contributed by atoms with Gasteiger partial charge in [0.1, 0.15) is 0 Å². The molecule has 0 bridgehead atoms. The number of hydrogen-bond acceptors (Lipinski definition) is 2. The number of para-hydroxylation sites is 1. The number of nitrogens with zero attached hydrogens (tertiary/aromatic N) is 2. The highest BCUT2D eigenvalue weighted by Gasteiger charge is 2.20. The fourth-order valence-electron chi connectivity index (χ4n) is 3.90. The second-order valence-electron chi connectivity index (χ2n) is 7.01. The van der Waals surface area contributed by atoms with Crippen LogP contribution in [0, 0.1) is 5.92 Å². The molecular formula is C20H29ClN2O2. The molecule has 1 unspecified atom stereocenters. The van der Waals surface area contributed by atoms with E-state index in [1.54, 1.807) is 0 Å². The minimum atomic E-state index is -0.839. The first-order valence-corrected chi connectivity index (χ1v) is 9.22. The number of likely N-dealkylation sites (tertiary alicyclic amines) is 1. The van der Waals surface area contributed by atoms with Crippen molar-refractivity contribution in [1.82, 2.24) is 9.47 Å². The van der Waals surface area contributed by atoms with Gasteiger partial charge in [-0.05, 0) is 50.8 Å². The second-order valence-corrected chi connectivity index (χ2v) is 7.01. The number of halogens is 1. The van der Waals surface area contributed by atoms with E-state index in [1.807, 2.05) is 30.5 Å². The number of aromatic carboxylic acids is 1. The highest BCUT2D eigenvalue weighted by Crippen LogP contribution is 2.25. The molecule has 1 aliphatic rings. The number of aryl methyl sites for hydroxylation is 1. The van der Waals surface area contributed by atoms with Crippen molar-refractivity contribution in [3.05, 3.63) is 36.0 Å². The predicted octanol–water partition coefficient (Wildman–Crippen LogP) is 4.66. The van der Waals surface area contributed by atoms with Gasteiger partial charge in [-0.25, -0.2) is 4.79 Å². The van der Waals surface area contributed by atoms with Crippen molar-refractivity contribution in [1.29, 1.82) is 0 Å². The fraction of sp³-hybridized carbons (Fsp3) is 0.550. The molecule has 0 amide bonds. The van der Waals surface area contributed by atoms with Crippen LogP contribution in [0.4, 0.5) is 0 Å².